The summed E-state index contributed by atoms with van der Waals surface area (Å²) in [5.41, 5.74) is 0.0884. The van der Waals surface area contributed by atoms with Crippen LogP contribution in [0, 0.1) is 11.3 Å². The number of benzene rings is 1. The van der Waals surface area contributed by atoms with Crippen LogP contribution in [0.2, 0.25) is 0 Å². The lowest BCUT2D eigenvalue weighted by molar-refractivity contribution is 0.461. The Balaban J connectivity index is 1.80. The van der Waals surface area contributed by atoms with E-state index < -0.39 is 5.43 Å². The highest BCUT2D eigenvalue weighted by Crippen LogP contribution is 2.21. The van der Waals surface area contributed by atoms with E-state index in [-0.39, 0.29) is 33.8 Å². The van der Waals surface area contributed by atoms with Crippen LogP contribution in [-0.4, -0.2) is 25.4 Å². The minimum absolute atomic E-state index is 0.0631. The highest BCUT2D eigenvalue weighted by molar-refractivity contribution is 5.86. The third-order valence-corrected chi connectivity index (χ3v) is 5.58. The van der Waals surface area contributed by atoms with Crippen molar-refractivity contribution in [1.82, 2.24) is 19.4 Å². The number of nitrogens with one attached hydrogen (secondary N) is 2. The van der Waals surface area contributed by atoms with Crippen LogP contribution in [0.15, 0.2) is 40.1 Å². The summed E-state index contributed by atoms with van der Waals surface area (Å²) < 4.78 is 1.32. The largest absolute Gasteiger partial charge is 0.351 e. The molecule has 0 radical (unpaired) electrons. The number of hydrogen-bond acceptors (Lipinski definition) is 6. The van der Waals surface area contributed by atoms with Gasteiger partial charge in [0, 0.05) is 6.04 Å². The number of fused-ring (bicyclic) bond motifs is 4. The molecule has 0 bridgehead atoms. The Bertz CT molecular complexity index is 1420. The van der Waals surface area contributed by atoms with E-state index >= 15 is 0 Å². The Morgan fingerprint density at radius 1 is 1.17 bits per heavy atom. The van der Waals surface area contributed by atoms with Gasteiger partial charge in [-0.1, -0.05) is 31.4 Å². The molecule has 1 aliphatic carbocycles. The maximum atomic E-state index is 13.1. The molecule has 0 unspecified atom stereocenters. The van der Waals surface area contributed by atoms with Gasteiger partial charge < -0.3 is 10.3 Å². The molecule has 1 fully saturated rings. The Kier molecular flexibility index (Phi) is 4.02. The van der Waals surface area contributed by atoms with Crippen LogP contribution in [0.1, 0.15) is 37.7 Å². The highest BCUT2D eigenvalue weighted by Gasteiger charge is 2.19. The Hall–Kier alpha value is -3.73. The number of hydrogen-bond donors (Lipinski definition) is 2. The summed E-state index contributed by atoms with van der Waals surface area (Å²) in [6, 6.07) is 9.19. The van der Waals surface area contributed by atoms with E-state index in [9.17, 15) is 14.9 Å². The molecular weight excluding hydrogens is 368 g/mol. The number of aromatic amines is 1. The van der Waals surface area contributed by atoms with Crippen LogP contribution in [0.4, 0.5) is 5.95 Å². The second kappa shape index (κ2) is 6.71. The molecule has 5 rings (SSSR count). The zero-order chi connectivity index (χ0) is 20.0. The fourth-order valence-electron chi connectivity index (χ4n) is 4.12. The number of anilines is 1. The quantitative estimate of drug-likeness (QED) is 0.404. The molecule has 0 spiro atoms. The topological polar surface area (TPSA) is 116 Å². The lowest BCUT2D eigenvalue weighted by Gasteiger charge is -2.22. The number of rotatable bonds is 2. The van der Waals surface area contributed by atoms with Crippen LogP contribution in [-0.2, 0) is 0 Å². The number of pyridine rings is 1. The SMILES string of the molecule is N#Cc1c(=O)c2nc(NC3CCCCC3)ncc2n2c(=O)c3ccccc3[nH]c12. The summed E-state index contributed by atoms with van der Waals surface area (Å²) in [5.74, 6) is 0.350. The molecule has 1 aromatic carbocycles. The molecule has 1 aliphatic rings. The smallest absolute Gasteiger partial charge is 0.266 e. The first-order valence-corrected chi connectivity index (χ1v) is 9.70. The molecule has 29 heavy (non-hydrogen) atoms. The van der Waals surface area contributed by atoms with Gasteiger partial charge in [0.05, 0.1) is 22.6 Å². The Morgan fingerprint density at radius 3 is 2.76 bits per heavy atom. The average Bonchev–Trinajstić information content (AvgIpc) is 2.75. The first kappa shape index (κ1) is 17.4. The number of nitrogens with zero attached hydrogens (tertiary/aromatic N) is 4. The Morgan fingerprint density at radius 2 is 1.97 bits per heavy atom. The highest BCUT2D eigenvalue weighted by atomic mass is 16.1. The summed E-state index contributed by atoms with van der Waals surface area (Å²) in [4.78, 5) is 37.9. The number of nitriles is 1. The standard InChI is InChI=1S/C21H18N6O2/c22-10-14-18(28)17-16(11-23-21(26-17)24-12-6-2-1-3-7-12)27-19(14)25-15-9-5-4-8-13(15)20(27)29/h4-5,8-9,11-12,25H,1-3,6-7H2,(H,23,24,26). The van der Waals surface area contributed by atoms with Crippen molar-refractivity contribution in [3.05, 3.63) is 56.6 Å². The van der Waals surface area contributed by atoms with Gasteiger partial charge in [-0.2, -0.15) is 5.26 Å². The zero-order valence-electron chi connectivity index (χ0n) is 15.6. The molecule has 8 nitrogen and oxygen atoms in total. The molecule has 3 aromatic heterocycles. The second-order valence-electron chi connectivity index (χ2n) is 7.38. The predicted octanol–water partition coefficient (Wildman–Crippen LogP) is 2.70. The minimum Gasteiger partial charge on any atom is -0.351 e. The van der Waals surface area contributed by atoms with Crippen molar-refractivity contribution >= 4 is 33.5 Å². The fourth-order valence-corrected chi connectivity index (χ4v) is 4.12. The minimum atomic E-state index is -0.512. The van der Waals surface area contributed by atoms with Crippen LogP contribution in [0.5, 0.6) is 0 Å². The molecule has 2 N–H and O–H groups in total. The lowest BCUT2D eigenvalue weighted by Crippen LogP contribution is -2.25. The van der Waals surface area contributed by atoms with Crippen molar-refractivity contribution in [3.63, 3.8) is 0 Å². The summed E-state index contributed by atoms with van der Waals surface area (Å²) in [7, 11) is 0. The van der Waals surface area contributed by atoms with E-state index in [2.05, 4.69) is 20.3 Å². The van der Waals surface area contributed by atoms with Gasteiger partial charge in [0.1, 0.15) is 22.8 Å². The van der Waals surface area contributed by atoms with E-state index in [1.54, 1.807) is 24.3 Å². The second-order valence-corrected chi connectivity index (χ2v) is 7.38. The van der Waals surface area contributed by atoms with Gasteiger partial charge >= 0.3 is 0 Å². The maximum Gasteiger partial charge on any atom is 0.266 e. The van der Waals surface area contributed by atoms with Crippen LogP contribution in [0.3, 0.4) is 0 Å². The number of H-pyrrole nitrogens is 1. The van der Waals surface area contributed by atoms with Crippen molar-refractivity contribution in [2.75, 3.05) is 5.32 Å². The Labute approximate surface area is 164 Å². The summed E-state index contributed by atoms with van der Waals surface area (Å²) in [6.07, 6.45) is 7.08. The van der Waals surface area contributed by atoms with Crippen molar-refractivity contribution in [3.8, 4) is 6.07 Å². The van der Waals surface area contributed by atoms with Crippen LogP contribution < -0.4 is 16.3 Å². The molecule has 0 aliphatic heterocycles. The fraction of sp³-hybridized carbons (Fsp3) is 0.286. The molecule has 1 saturated carbocycles. The molecule has 4 aromatic rings. The van der Waals surface area contributed by atoms with Gasteiger partial charge in [0.15, 0.2) is 0 Å². The van der Waals surface area contributed by atoms with Crippen molar-refractivity contribution < 1.29 is 0 Å². The predicted molar refractivity (Wildman–Crippen MR) is 110 cm³/mol. The van der Waals surface area contributed by atoms with E-state index in [4.69, 9.17) is 0 Å². The van der Waals surface area contributed by atoms with Gasteiger partial charge in [0.25, 0.3) is 5.56 Å². The zero-order valence-corrected chi connectivity index (χ0v) is 15.6. The molecule has 0 saturated heterocycles. The summed E-state index contributed by atoms with van der Waals surface area (Å²) >= 11 is 0. The summed E-state index contributed by atoms with van der Waals surface area (Å²) in [5, 5.41) is 13.4. The molecule has 0 atom stereocenters. The number of aromatic nitrogens is 4. The molecule has 8 heteroatoms. The molecule has 144 valence electrons. The van der Waals surface area contributed by atoms with Crippen molar-refractivity contribution in [2.24, 2.45) is 0 Å². The maximum absolute atomic E-state index is 13.1. The van der Waals surface area contributed by atoms with Crippen molar-refractivity contribution in [2.45, 2.75) is 38.1 Å². The molecule has 3 heterocycles. The summed E-state index contributed by atoms with van der Waals surface area (Å²) in [6.45, 7) is 0. The van der Waals surface area contributed by atoms with E-state index in [0.717, 1.165) is 25.7 Å². The first-order valence-electron chi connectivity index (χ1n) is 9.70. The molecular formula is C21H18N6O2. The van der Waals surface area contributed by atoms with Gasteiger partial charge in [-0.3, -0.25) is 14.0 Å². The average molecular weight is 386 g/mol. The molecule has 0 amide bonds. The van der Waals surface area contributed by atoms with Gasteiger partial charge in [0.2, 0.25) is 11.4 Å². The normalized spacial score (nSPS) is 15.0. The van der Waals surface area contributed by atoms with Crippen LogP contribution >= 0.6 is 0 Å². The third-order valence-electron chi connectivity index (χ3n) is 5.58. The monoisotopic (exact) mass is 386 g/mol. The number of para-hydroxylation sites is 1. The van der Waals surface area contributed by atoms with E-state index in [0.29, 0.717) is 16.9 Å². The first-order chi connectivity index (χ1) is 14.2. The van der Waals surface area contributed by atoms with E-state index in [1.807, 2.05) is 6.07 Å². The van der Waals surface area contributed by atoms with Gasteiger partial charge in [-0.05, 0) is 25.0 Å². The third kappa shape index (κ3) is 2.74. The van der Waals surface area contributed by atoms with Crippen molar-refractivity contribution in [1.29, 1.82) is 5.26 Å². The lowest BCUT2D eigenvalue weighted by atomic mass is 9.96. The van der Waals surface area contributed by atoms with Gasteiger partial charge in [-0.25, -0.2) is 9.97 Å². The van der Waals surface area contributed by atoms with Crippen LogP contribution in [0.25, 0.3) is 27.6 Å². The van der Waals surface area contributed by atoms with E-state index in [1.165, 1.54) is 17.0 Å². The van der Waals surface area contributed by atoms with Gasteiger partial charge in [-0.15, -0.1) is 0 Å².